The lowest BCUT2D eigenvalue weighted by atomic mass is 9.98. The van der Waals surface area contributed by atoms with Crippen LogP contribution in [0.15, 0.2) is 35.7 Å². The minimum atomic E-state index is -3.55. The molecule has 2 aromatic rings. The third kappa shape index (κ3) is 3.13. The number of hydrogen-bond donors (Lipinski definition) is 0. The van der Waals surface area contributed by atoms with E-state index in [-0.39, 0.29) is 17.0 Å². The molecule has 7 nitrogen and oxygen atoms in total. The fourth-order valence-electron chi connectivity index (χ4n) is 2.95. The van der Waals surface area contributed by atoms with Crippen LogP contribution in [0.5, 0.6) is 0 Å². The molecule has 1 aliphatic rings. The fourth-order valence-corrected chi connectivity index (χ4v) is 4.40. The molecule has 8 heteroatoms. The molecule has 0 bridgehead atoms. The minimum Gasteiger partial charge on any atom is -0.315 e. The Balaban J connectivity index is 1.85. The first-order chi connectivity index (χ1) is 11.0. The molecular formula is C15H21N5O2S. The van der Waals surface area contributed by atoms with Crippen molar-refractivity contribution in [1.29, 1.82) is 0 Å². The molecular weight excluding hydrogens is 314 g/mol. The lowest BCUT2D eigenvalue weighted by Gasteiger charge is -2.31. The third-order valence-electron chi connectivity index (χ3n) is 4.15. The number of nitrogens with zero attached hydrogens (tertiary/aromatic N) is 5. The van der Waals surface area contributed by atoms with Crippen LogP contribution in [0.1, 0.15) is 44.5 Å². The first-order valence-electron chi connectivity index (χ1n) is 7.80. The Morgan fingerprint density at radius 1 is 1.30 bits per heavy atom. The largest absolute Gasteiger partial charge is 0.315 e. The van der Waals surface area contributed by atoms with E-state index >= 15 is 0 Å². The third-order valence-corrected chi connectivity index (χ3v) is 5.93. The second-order valence-electron chi connectivity index (χ2n) is 6.06. The summed E-state index contributed by atoms with van der Waals surface area (Å²) in [6.45, 7) is 5.08. The van der Waals surface area contributed by atoms with E-state index in [0.717, 1.165) is 18.7 Å². The summed E-state index contributed by atoms with van der Waals surface area (Å²) in [4.78, 5) is 4.00. The Labute approximate surface area is 136 Å². The second-order valence-corrected chi connectivity index (χ2v) is 7.95. The lowest BCUT2D eigenvalue weighted by Crippen LogP contribution is -2.40. The molecule has 23 heavy (non-hydrogen) atoms. The maximum atomic E-state index is 12.7. The van der Waals surface area contributed by atoms with Gasteiger partial charge in [0.2, 0.25) is 0 Å². The quantitative estimate of drug-likeness (QED) is 0.851. The van der Waals surface area contributed by atoms with Gasteiger partial charge in [-0.15, -0.1) is 10.2 Å². The molecule has 3 heterocycles. The van der Waals surface area contributed by atoms with Crippen molar-refractivity contribution in [1.82, 2.24) is 24.1 Å². The Bertz CT molecular complexity index is 757. The molecule has 1 aliphatic heterocycles. The minimum absolute atomic E-state index is 0.0622. The zero-order valence-corrected chi connectivity index (χ0v) is 14.1. The topological polar surface area (TPSA) is 81.0 Å². The summed E-state index contributed by atoms with van der Waals surface area (Å²) in [7, 11) is -3.55. The molecule has 0 aromatic carbocycles. The number of hydrogen-bond acceptors (Lipinski definition) is 5. The molecule has 1 saturated heterocycles. The van der Waals surface area contributed by atoms with Crippen molar-refractivity contribution in [2.75, 3.05) is 13.1 Å². The summed E-state index contributed by atoms with van der Waals surface area (Å²) in [6.07, 6.45) is 4.94. The van der Waals surface area contributed by atoms with Gasteiger partial charge in [0, 0.05) is 31.2 Å². The zero-order valence-electron chi connectivity index (χ0n) is 13.3. The van der Waals surface area contributed by atoms with E-state index in [2.05, 4.69) is 29.0 Å². The summed E-state index contributed by atoms with van der Waals surface area (Å²) in [5.74, 6) is 0.924. The van der Waals surface area contributed by atoms with Crippen LogP contribution < -0.4 is 0 Å². The predicted molar refractivity (Wildman–Crippen MR) is 85.4 cm³/mol. The molecule has 124 valence electrons. The van der Waals surface area contributed by atoms with E-state index in [9.17, 15) is 8.42 Å². The highest BCUT2D eigenvalue weighted by Gasteiger charge is 2.33. The Morgan fingerprint density at radius 2 is 2.13 bits per heavy atom. The maximum Gasteiger partial charge on any atom is 0.260 e. The summed E-state index contributed by atoms with van der Waals surface area (Å²) in [6, 6.07) is 5.19. The van der Waals surface area contributed by atoms with Crippen molar-refractivity contribution in [3.8, 4) is 0 Å². The molecule has 0 radical (unpaired) electrons. The van der Waals surface area contributed by atoms with Gasteiger partial charge in [-0.25, -0.2) is 13.4 Å². The molecule has 0 spiro atoms. The lowest BCUT2D eigenvalue weighted by molar-refractivity contribution is 0.301. The zero-order chi connectivity index (χ0) is 16.4. The fraction of sp³-hybridized carbons (Fsp3) is 0.533. The summed E-state index contributed by atoms with van der Waals surface area (Å²) >= 11 is 0. The smallest absolute Gasteiger partial charge is 0.260 e. The SMILES string of the molecule is CC(C)n1cnnc1[C@H]1CCCN(S(=O)(=O)c2ccccn2)C1. The molecule has 0 saturated carbocycles. The van der Waals surface area contributed by atoms with Crippen LogP contribution in [0.4, 0.5) is 0 Å². The van der Waals surface area contributed by atoms with E-state index in [4.69, 9.17) is 0 Å². The van der Waals surface area contributed by atoms with Crippen LogP contribution >= 0.6 is 0 Å². The van der Waals surface area contributed by atoms with Crippen LogP contribution in [0, 0.1) is 0 Å². The number of pyridine rings is 1. The molecule has 1 fully saturated rings. The summed E-state index contributed by atoms with van der Waals surface area (Å²) < 4.78 is 29.0. The molecule has 0 aliphatic carbocycles. The molecule has 2 aromatic heterocycles. The summed E-state index contributed by atoms with van der Waals surface area (Å²) in [5, 5.41) is 8.33. The summed E-state index contributed by atoms with van der Waals surface area (Å²) in [5.41, 5.74) is 0. The van der Waals surface area contributed by atoms with Gasteiger partial charge in [0.1, 0.15) is 12.2 Å². The van der Waals surface area contributed by atoms with E-state index in [0.29, 0.717) is 13.1 Å². The average molecular weight is 335 g/mol. The predicted octanol–water partition coefficient (Wildman–Crippen LogP) is 1.82. The number of piperidine rings is 1. The van der Waals surface area contributed by atoms with Crippen molar-refractivity contribution in [2.24, 2.45) is 0 Å². The van der Waals surface area contributed by atoms with Crippen molar-refractivity contribution < 1.29 is 8.42 Å². The van der Waals surface area contributed by atoms with Gasteiger partial charge in [0.15, 0.2) is 5.03 Å². The van der Waals surface area contributed by atoms with Crippen LogP contribution in [0.2, 0.25) is 0 Å². The van der Waals surface area contributed by atoms with Gasteiger partial charge in [-0.3, -0.25) is 0 Å². The first kappa shape index (κ1) is 16.1. The Hall–Kier alpha value is -1.80. The molecule has 0 unspecified atom stereocenters. The number of aromatic nitrogens is 4. The maximum absolute atomic E-state index is 12.7. The number of rotatable bonds is 4. The average Bonchev–Trinajstić information content (AvgIpc) is 3.06. The van der Waals surface area contributed by atoms with Gasteiger partial charge < -0.3 is 4.57 Å². The van der Waals surface area contributed by atoms with Gasteiger partial charge in [-0.05, 0) is 38.8 Å². The van der Waals surface area contributed by atoms with Crippen molar-refractivity contribution in [3.05, 3.63) is 36.5 Å². The molecule has 3 rings (SSSR count). The van der Waals surface area contributed by atoms with Gasteiger partial charge in [-0.2, -0.15) is 4.31 Å². The van der Waals surface area contributed by atoms with Crippen LogP contribution in [0.3, 0.4) is 0 Å². The van der Waals surface area contributed by atoms with Crippen molar-refractivity contribution in [2.45, 2.75) is 43.7 Å². The van der Waals surface area contributed by atoms with Crippen LogP contribution in [-0.2, 0) is 10.0 Å². The Kier molecular flexibility index (Phi) is 4.45. The highest BCUT2D eigenvalue weighted by Crippen LogP contribution is 2.29. The van der Waals surface area contributed by atoms with Gasteiger partial charge >= 0.3 is 0 Å². The van der Waals surface area contributed by atoms with E-state index in [1.807, 2.05) is 4.57 Å². The van der Waals surface area contributed by atoms with E-state index in [1.165, 1.54) is 16.6 Å². The van der Waals surface area contributed by atoms with Crippen molar-refractivity contribution >= 4 is 10.0 Å². The highest BCUT2D eigenvalue weighted by atomic mass is 32.2. The van der Waals surface area contributed by atoms with Gasteiger partial charge in [-0.1, -0.05) is 6.07 Å². The molecule has 0 N–H and O–H groups in total. The van der Waals surface area contributed by atoms with Crippen molar-refractivity contribution in [3.63, 3.8) is 0 Å². The number of sulfonamides is 1. The normalized spacial score (nSPS) is 20.0. The van der Waals surface area contributed by atoms with Gasteiger partial charge in [0.25, 0.3) is 10.0 Å². The standard InChI is InChI=1S/C15H21N5O2S/c1-12(2)20-11-17-18-15(20)13-6-5-9-19(10-13)23(21,22)14-7-3-4-8-16-14/h3-4,7-8,11-13H,5-6,9-10H2,1-2H3/t13-/m0/s1. The molecule has 0 amide bonds. The van der Waals surface area contributed by atoms with E-state index in [1.54, 1.807) is 18.5 Å². The first-order valence-corrected chi connectivity index (χ1v) is 9.24. The van der Waals surface area contributed by atoms with Crippen LogP contribution in [0.25, 0.3) is 0 Å². The molecule has 1 atom stereocenters. The van der Waals surface area contributed by atoms with Crippen LogP contribution in [-0.4, -0.2) is 45.6 Å². The highest BCUT2D eigenvalue weighted by molar-refractivity contribution is 7.89. The second kappa shape index (κ2) is 6.37. The van der Waals surface area contributed by atoms with E-state index < -0.39 is 10.0 Å². The monoisotopic (exact) mass is 335 g/mol. The Morgan fingerprint density at radius 3 is 2.83 bits per heavy atom. The van der Waals surface area contributed by atoms with Gasteiger partial charge in [0.05, 0.1) is 0 Å².